The van der Waals surface area contributed by atoms with Crippen LogP contribution in [0.1, 0.15) is 16.1 Å². The lowest BCUT2D eigenvalue weighted by Gasteiger charge is -2.28. The third-order valence-corrected chi connectivity index (χ3v) is 4.82. The van der Waals surface area contributed by atoms with Gasteiger partial charge in [-0.3, -0.25) is 9.78 Å². The molecule has 0 spiro atoms. The van der Waals surface area contributed by atoms with Crippen molar-refractivity contribution in [3.8, 4) is 0 Å². The summed E-state index contributed by atoms with van der Waals surface area (Å²) in [7, 11) is 0. The van der Waals surface area contributed by atoms with Gasteiger partial charge in [-0.1, -0.05) is 48.5 Å². The van der Waals surface area contributed by atoms with Gasteiger partial charge in [-0.2, -0.15) is 0 Å². The minimum Gasteiger partial charge on any atom is -0.378 e. The minimum absolute atomic E-state index is 0.0436. The van der Waals surface area contributed by atoms with E-state index in [0.717, 1.165) is 11.4 Å². The first-order valence-electron chi connectivity index (χ1n) is 9.51. The summed E-state index contributed by atoms with van der Waals surface area (Å²) in [6.45, 7) is 3.08. The number of pyridine rings is 1. The van der Waals surface area contributed by atoms with Gasteiger partial charge in [-0.05, 0) is 29.8 Å². The molecule has 28 heavy (non-hydrogen) atoms. The molecule has 1 amide bonds. The van der Waals surface area contributed by atoms with Gasteiger partial charge in [0.2, 0.25) is 0 Å². The number of ether oxygens (including phenoxy) is 1. The molecule has 1 aliphatic heterocycles. The molecule has 1 aromatic heterocycles. The number of amides is 1. The highest BCUT2D eigenvalue weighted by atomic mass is 16.5. The molecule has 1 saturated heterocycles. The monoisotopic (exact) mass is 373 g/mol. The third-order valence-electron chi connectivity index (χ3n) is 4.82. The number of aromatic nitrogens is 1. The molecule has 0 saturated carbocycles. The average molecular weight is 373 g/mol. The topological polar surface area (TPSA) is 45.7 Å². The van der Waals surface area contributed by atoms with Gasteiger partial charge < -0.3 is 14.5 Å². The van der Waals surface area contributed by atoms with Crippen molar-refractivity contribution in [1.29, 1.82) is 0 Å². The summed E-state index contributed by atoms with van der Waals surface area (Å²) in [5.41, 5.74) is 3.68. The molecule has 142 valence electrons. The zero-order chi connectivity index (χ0) is 19.2. The lowest BCUT2D eigenvalue weighted by molar-refractivity contribution is 0.0299. The number of carbonyl (C=O) groups excluding carboxylic acids is 1. The van der Waals surface area contributed by atoms with Crippen LogP contribution in [0.25, 0.3) is 0 Å². The predicted octanol–water partition coefficient (Wildman–Crippen LogP) is 3.89. The van der Waals surface area contributed by atoms with Crippen LogP contribution in [0, 0.1) is 0 Å². The molecule has 2 heterocycles. The Hall–Kier alpha value is -3.18. The zero-order valence-electron chi connectivity index (χ0n) is 15.7. The summed E-state index contributed by atoms with van der Waals surface area (Å²) >= 11 is 0. The number of benzene rings is 2. The van der Waals surface area contributed by atoms with Gasteiger partial charge in [-0.25, -0.2) is 0 Å². The Balaban J connectivity index is 1.65. The first-order valence-corrected chi connectivity index (χ1v) is 9.51. The lowest BCUT2D eigenvalue weighted by atomic mass is 10.1. The van der Waals surface area contributed by atoms with Crippen LogP contribution in [0.15, 0.2) is 79.0 Å². The van der Waals surface area contributed by atoms with Crippen molar-refractivity contribution < 1.29 is 9.53 Å². The summed E-state index contributed by atoms with van der Waals surface area (Å²) < 4.78 is 5.35. The van der Waals surface area contributed by atoms with Gasteiger partial charge in [0.15, 0.2) is 0 Å². The molecule has 1 fully saturated rings. The molecule has 0 atom stereocenters. The molecule has 0 unspecified atom stereocenters. The largest absolute Gasteiger partial charge is 0.378 e. The third kappa shape index (κ3) is 4.21. The molecule has 0 radical (unpaired) electrons. The molecule has 0 N–H and O–H groups in total. The fourth-order valence-corrected chi connectivity index (χ4v) is 3.34. The van der Waals surface area contributed by atoms with Crippen molar-refractivity contribution in [2.75, 3.05) is 31.2 Å². The van der Waals surface area contributed by atoms with Crippen molar-refractivity contribution in [2.24, 2.45) is 0 Å². The van der Waals surface area contributed by atoms with E-state index in [-0.39, 0.29) is 5.91 Å². The summed E-state index contributed by atoms with van der Waals surface area (Å²) in [5.74, 6) is -0.0436. The van der Waals surface area contributed by atoms with Crippen molar-refractivity contribution in [3.05, 3.63) is 90.3 Å². The fourth-order valence-electron chi connectivity index (χ4n) is 3.34. The molecule has 0 aliphatic carbocycles. The van der Waals surface area contributed by atoms with Crippen molar-refractivity contribution >= 4 is 17.3 Å². The Labute approximate surface area is 165 Å². The maximum absolute atomic E-state index is 12.9. The normalized spacial score (nSPS) is 13.9. The Morgan fingerprint density at radius 3 is 2.32 bits per heavy atom. The standard InChI is InChI=1S/C23H23N3O2/c27-23(25-13-15-28-16-14-25)22-17-21(11-12-24-22)26(20-9-5-2-6-10-20)18-19-7-3-1-4-8-19/h1-12,17H,13-16,18H2. The highest BCUT2D eigenvalue weighted by Gasteiger charge is 2.21. The SMILES string of the molecule is O=C(c1cc(N(Cc2ccccc2)c2ccccc2)ccn1)N1CCOCC1. The molecule has 2 aromatic carbocycles. The number of anilines is 2. The van der Waals surface area contributed by atoms with Crippen LogP contribution < -0.4 is 4.90 Å². The van der Waals surface area contributed by atoms with Crippen molar-refractivity contribution in [2.45, 2.75) is 6.54 Å². The van der Waals surface area contributed by atoms with E-state index < -0.39 is 0 Å². The van der Waals surface area contributed by atoms with Gasteiger partial charge in [0, 0.05) is 37.2 Å². The Bertz CT molecular complexity index is 909. The van der Waals surface area contributed by atoms with E-state index in [9.17, 15) is 4.79 Å². The van der Waals surface area contributed by atoms with Gasteiger partial charge in [0.25, 0.3) is 5.91 Å². The first-order chi connectivity index (χ1) is 13.8. The number of rotatable bonds is 5. The molecular formula is C23H23N3O2. The second kappa shape index (κ2) is 8.67. The highest BCUT2D eigenvalue weighted by Crippen LogP contribution is 2.28. The van der Waals surface area contributed by atoms with E-state index >= 15 is 0 Å². The van der Waals surface area contributed by atoms with Crippen LogP contribution in [0.5, 0.6) is 0 Å². The fraction of sp³-hybridized carbons (Fsp3) is 0.217. The van der Waals surface area contributed by atoms with Crippen LogP contribution >= 0.6 is 0 Å². The lowest BCUT2D eigenvalue weighted by Crippen LogP contribution is -2.41. The van der Waals surface area contributed by atoms with Crippen LogP contribution in [0.4, 0.5) is 11.4 Å². The number of hydrogen-bond donors (Lipinski definition) is 0. The van der Waals surface area contributed by atoms with E-state index in [1.165, 1.54) is 5.56 Å². The summed E-state index contributed by atoms with van der Waals surface area (Å²) in [6.07, 6.45) is 1.71. The van der Waals surface area contributed by atoms with E-state index in [1.54, 1.807) is 11.1 Å². The number of hydrogen-bond acceptors (Lipinski definition) is 4. The minimum atomic E-state index is -0.0436. The molecule has 1 aliphatic rings. The maximum Gasteiger partial charge on any atom is 0.272 e. The number of nitrogens with zero attached hydrogens (tertiary/aromatic N) is 3. The Morgan fingerprint density at radius 1 is 0.929 bits per heavy atom. The number of morpholine rings is 1. The Morgan fingerprint density at radius 2 is 1.61 bits per heavy atom. The Kier molecular flexibility index (Phi) is 5.64. The van der Waals surface area contributed by atoms with Crippen LogP contribution in [0.2, 0.25) is 0 Å². The van der Waals surface area contributed by atoms with E-state index in [4.69, 9.17) is 4.74 Å². The molecular weight excluding hydrogens is 350 g/mol. The van der Waals surface area contributed by atoms with E-state index in [2.05, 4.69) is 34.1 Å². The second-order valence-electron chi connectivity index (χ2n) is 6.71. The maximum atomic E-state index is 12.9. The average Bonchev–Trinajstić information content (AvgIpc) is 2.79. The van der Waals surface area contributed by atoms with Gasteiger partial charge in [-0.15, -0.1) is 0 Å². The quantitative estimate of drug-likeness (QED) is 0.681. The number of para-hydroxylation sites is 1. The zero-order valence-corrected chi connectivity index (χ0v) is 15.7. The summed E-state index contributed by atoms with van der Waals surface area (Å²) in [4.78, 5) is 21.2. The predicted molar refractivity (Wildman–Crippen MR) is 110 cm³/mol. The van der Waals surface area contributed by atoms with Gasteiger partial charge in [0.05, 0.1) is 13.2 Å². The summed E-state index contributed by atoms with van der Waals surface area (Å²) in [5, 5.41) is 0. The van der Waals surface area contributed by atoms with E-state index in [0.29, 0.717) is 38.5 Å². The second-order valence-corrected chi connectivity index (χ2v) is 6.71. The molecule has 3 aromatic rings. The van der Waals surface area contributed by atoms with Gasteiger partial charge >= 0.3 is 0 Å². The molecule has 4 rings (SSSR count). The highest BCUT2D eigenvalue weighted by molar-refractivity contribution is 5.93. The van der Waals surface area contributed by atoms with Crippen molar-refractivity contribution in [3.63, 3.8) is 0 Å². The van der Waals surface area contributed by atoms with Crippen LogP contribution in [0.3, 0.4) is 0 Å². The molecule has 0 bridgehead atoms. The molecule has 5 nitrogen and oxygen atoms in total. The molecule has 5 heteroatoms. The smallest absolute Gasteiger partial charge is 0.272 e. The van der Waals surface area contributed by atoms with E-state index in [1.807, 2.05) is 48.5 Å². The summed E-state index contributed by atoms with van der Waals surface area (Å²) in [6, 6.07) is 24.3. The van der Waals surface area contributed by atoms with Gasteiger partial charge in [0.1, 0.15) is 5.69 Å². The van der Waals surface area contributed by atoms with Crippen LogP contribution in [-0.4, -0.2) is 42.1 Å². The number of carbonyl (C=O) groups is 1. The van der Waals surface area contributed by atoms with Crippen LogP contribution in [-0.2, 0) is 11.3 Å². The first kappa shape index (κ1) is 18.2. The van der Waals surface area contributed by atoms with Crippen molar-refractivity contribution in [1.82, 2.24) is 9.88 Å².